The summed E-state index contributed by atoms with van der Waals surface area (Å²) in [5.74, 6) is -1.11. The number of rotatable bonds is 0. The largest absolute Gasteiger partial charge is 0.508 e. The molecule has 0 unspecified atom stereocenters. The number of esters is 1. The second kappa shape index (κ2) is 8.15. The van der Waals surface area contributed by atoms with Crippen molar-refractivity contribution in [1.29, 1.82) is 0 Å². The molecule has 0 spiro atoms. The highest BCUT2D eigenvalue weighted by Gasteiger charge is 2.23. The van der Waals surface area contributed by atoms with Gasteiger partial charge in [-0.25, -0.2) is 4.79 Å². The Balaban J connectivity index is 2.26. The smallest absolute Gasteiger partial charge is 0.342 e. The average molecular weight is 336 g/mol. The number of phenols is 2. The van der Waals surface area contributed by atoms with Gasteiger partial charge < -0.3 is 20.1 Å². The second-order valence-corrected chi connectivity index (χ2v) is 6.41. The highest BCUT2D eigenvalue weighted by molar-refractivity contribution is 5.94. The summed E-state index contributed by atoms with van der Waals surface area (Å²) in [4.78, 5) is 24.2. The number of hydrogen-bond acceptors (Lipinski definition) is 6. The summed E-state index contributed by atoms with van der Waals surface area (Å²) in [6, 6.07) is 2.56. The first-order valence-electron chi connectivity index (χ1n) is 8.32. The van der Waals surface area contributed by atoms with Gasteiger partial charge in [0.2, 0.25) is 0 Å². The molecule has 0 aromatic heterocycles. The van der Waals surface area contributed by atoms with Gasteiger partial charge in [0, 0.05) is 25.3 Å². The molecule has 6 heteroatoms. The summed E-state index contributed by atoms with van der Waals surface area (Å²) in [6.07, 6.45) is 1.91. The molecule has 0 radical (unpaired) electrons. The van der Waals surface area contributed by atoms with Crippen LogP contribution >= 0.6 is 0 Å². The van der Waals surface area contributed by atoms with E-state index < -0.39 is 18.2 Å². The van der Waals surface area contributed by atoms with E-state index in [1.807, 2.05) is 0 Å². The number of Topliss-reactive ketones (excluding diaryl/α,β-unsaturated/α-hetero) is 1. The third kappa shape index (κ3) is 4.96. The Morgan fingerprint density at radius 1 is 1.08 bits per heavy atom. The minimum Gasteiger partial charge on any atom is -0.508 e. The van der Waals surface area contributed by atoms with Gasteiger partial charge in [0.25, 0.3) is 0 Å². The van der Waals surface area contributed by atoms with E-state index in [1.165, 1.54) is 6.07 Å². The lowest BCUT2D eigenvalue weighted by Gasteiger charge is -2.19. The molecule has 1 aliphatic heterocycles. The molecule has 0 bridgehead atoms. The fraction of sp³-hybridized carbons (Fsp3) is 0.556. The van der Waals surface area contributed by atoms with Crippen molar-refractivity contribution in [1.82, 2.24) is 0 Å². The molecule has 1 heterocycles. The van der Waals surface area contributed by atoms with Crippen LogP contribution < -0.4 is 0 Å². The topological polar surface area (TPSA) is 104 Å². The Bertz CT molecular complexity index is 610. The number of hydrogen-bond donors (Lipinski definition) is 3. The molecule has 3 N–H and O–H groups in total. The van der Waals surface area contributed by atoms with E-state index >= 15 is 0 Å². The van der Waals surface area contributed by atoms with Gasteiger partial charge in [-0.05, 0) is 37.8 Å². The number of carbonyl (C=O) groups is 2. The molecular formula is C18H24O6. The van der Waals surface area contributed by atoms with Gasteiger partial charge in [0.1, 0.15) is 28.9 Å². The van der Waals surface area contributed by atoms with Gasteiger partial charge in [-0.1, -0.05) is 6.42 Å². The zero-order chi connectivity index (χ0) is 17.7. The summed E-state index contributed by atoms with van der Waals surface area (Å²) in [5, 5.41) is 29.6. The van der Waals surface area contributed by atoms with Crippen molar-refractivity contribution < 1.29 is 29.6 Å². The molecule has 1 aromatic carbocycles. The van der Waals surface area contributed by atoms with Crippen LogP contribution in [-0.4, -0.2) is 39.3 Å². The van der Waals surface area contributed by atoms with Gasteiger partial charge in [-0.15, -0.1) is 0 Å². The quantitative estimate of drug-likeness (QED) is 0.629. The zero-order valence-electron chi connectivity index (χ0n) is 13.8. The van der Waals surface area contributed by atoms with E-state index in [9.17, 15) is 24.9 Å². The van der Waals surface area contributed by atoms with Crippen molar-refractivity contribution in [3.05, 3.63) is 23.3 Å². The van der Waals surface area contributed by atoms with Crippen LogP contribution in [0.4, 0.5) is 0 Å². The Morgan fingerprint density at radius 3 is 2.54 bits per heavy atom. The van der Waals surface area contributed by atoms with Gasteiger partial charge in [-0.2, -0.15) is 0 Å². The molecule has 1 aliphatic rings. The molecule has 0 aliphatic carbocycles. The SMILES string of the molecule is C[C@H]1C[C@H](O)CC(=O)CCCCCc2cc(O)cc(O)c2C(=O)O1. The summed E-state index contributed by atoms with van der Waals surface area (Å²) < 4.78 is 5.30. The lowest BCUT2D eigenvalue weighted by atomic mass is 9.97. The van der Waals surface area contributed by atoms with Crippen molar-refractivity contribution in [3.63, 3.8) is 0 Å². The summed E-state index contributed by atoms with van der Waals surface area (Å²) in [7, 11) is 0. The Hall–Kier alpha value is -2.08. The van der Waals surface area contributed by atoms with Crippen molar-refractivity contribution in [3.8, 4) is 11.5 Å². The summed E-state index contributed by atoms with van der Waals surface area (Å²) in [5.41, 5.74) is 0.580. The van der Waals surface area contributed by atoms with Gasteiger partial charge in [0.05, 0.1) is 6.10 Å². The van der Waals surface area contributed by atoms with E-state index in [-0.39, 0.29) is 35.7 Å². The minimum absolute atomic E-state index is 0.00813. The molecule has 0 saturated heterocycles. The van der Waals surface area contributed by atoms with E-state index in [0.717, 1.165) is 12.5 Å². The number of carbonyl (C=O) groups excluding carboxylic acids is 2. The number of aryl methyl sites for hydroxylation is 1. The zero-order valence-corrected chi connectivity index (χ0v) is 13.8. The minimum atomic E-state index is -0.851. The van der Waals surface area contributed by atoms with E-state index in [0.29, 0.717) is 31.2 Å². The maximum absolute atomic E-state index is 12.4. The fourth-order valence-electron chi connectivity index (χ4n) is 3.04. The lowest BCUT2D eigenvalue weighted by Crippen LogP contribution is -2.24. The van der Waals surface area contributed by atoms with Crippen LogP contribution in [-0.2, 0) is 16.0 Å². The van der Waals surface area contributed by atoms with E-state index in [1.54, 1.807) is 6.92 Å². The first-order valence-corrected chi connectivity index (χ1v) is 8.32. The van der Waals surface area contributed by atoms with Gasteiger partial charge in [0.15, 0.2) is 0 Å². The van der Waals surface area contributed by atoms with Crippen LogP contribution in [0.3, 0.4) is 0 Å². The Morgan fingerprint density at radius 2 is 1.79 bits per heavy atom. The third-order valence-electron chi connectivity index (χ3n) is 4.17. The predicted molar refractivity (Wildman–Crippen MR) is 87.1 cm³/mol. The number of aliphatic hydroxyl groups excluding tert-OH is 1. The number of aliphatic hydroxyl groups is 1. The third-order valence-corrected chi connectivity index (χ3v) is 4.17. The lowest BCUT2D eigenvalue weighted by molar-refractivity contribution is -0.121. The maximum atomic E-state index is 12.4. The second-order valence-electron chi connectivity index (χ2n) is 6.41. The number of benzene rings is 1. The molecule has 2 rings (SSSR count). The number of fused-ring (bicyclic) bond motifs is 1. The molecule has 0 amide bonds. The fourth-order valence-corrected chi connectivity index (χ4v) is 3.04. The molecule has 0 saturated carbocycles. The highest BCUT2D eigenvalue weighted by Crippen LogP contribution is 2.30. The first-order chi connectivity index (χ1) is 11.4. The predicted octanol–water partition coefficient (Wildman–Crippen LogP) is 2.47. The van der Waals surface area contributed by atoms with Crippen molar-refractivity contribution in [2.45, 2.75) is 64.1 Å². The van der Waals surface area contributed by atoms with Gasteiger partial charge >= 0.3 is 5.97 Å². The van der Waals surface area contributed by atoms with Crippen LogP contribution in [0.15, 0.2) is 12.1 Å². The molecule has 24 heavy (non-hydrogen) atoms. The molecule has 0 fully saturated rings. The van der Waals surface area contributed by atoms with E-state index in [4.69, 9.17) is 4.74 Å². The number of aromatic hydroxyl groups is 2. The van der Waals surface area contributed by atoms with Crippen LogP contribution in [0, 0.1) is 0 Å². The Labute approximate surface area is 141 Å². The first kappa shape index (κ1) is 18.3. The molecular weight excluding hydrogens is 312 g/mol. The highest BCUT2D eigenvalue weighted by atomic mass is 16.5. The number of ether oxygens (including phenoxy) is 1. The number of cyclic esters (lactones) is 1. The van der Waals surface area contributed by atoms with Crippen molar-refractivity contribution in [2.24, 2.45) is 0 Å². The van der Waals surface area contributed by atoms with Crippen LogP contribution in [0.25, 0.3) is 0 Å². The maximum Gasteiger partial charge on any atom is 0.342 e. The van der Waals surface area contributed by atoms with Crippen LogP contribution in [0.1, 0.15) is 61.4 Å². The molecule has 6 nitrogen and oxygen atoms in total. The number of phenolic OH excluding ortho intramolecular Hbond substituents is 2. The van der Waals surface area contributed by atoms with E-state index in [2.05, 4.69) is 0 Å². The monoisotopic (exact) mass is 336 g/mol. The van der Waals surface area contributed by atoms with Gasteiger partial charge in [-0.3, -0.25) is 4.79 Å². The van der Waals surface area contributed by atoms with Crippen LogP contribution in [0.5, 0.6) is 11.5 Å². The van der Waals surface area contributed by atoms with Crippen molar-refractivity contribution in [2.75, 3.05) is 0 Å². The number of ketones is 1. The molecule has 132 valence electrons. The summed E-state index contributed by atoms with van der Waals surface area (Å²) in [6.45, 7) is 1.63. The normalized spacial score (nSPS) is 23.9. The van der Waals surface area contributed by atoms with Crippen LogP contribution in [0.2, 0.25) is 0 Å². The Kier molecular flexibility index (Phi) is 6.20. The summed E-state index contributed by atoms with van der Waals surface area (Å²) >= 11 is 0. The standard InChI is InChI=1S/C18H24O6/c1-11-7-14(20)9-13(19)6-4-2-3-5-12-8-15(21)10-16(22)17(12)18(23)24-11/h8,10-11,14,20-22H,2-7,9H2,1H3/t11-,14-/m0/s1. The molecule has 1 aromatic rings. The molecule has 2 atom stereocenters. The average Bonchev–Trinajstić information content (AvgIpc) is 2.44. The van der Waals surface area contributed by atoms with Crippen molar-refractivity contribution >= 4 is 11.8 Å².